The Morgan fingerprint density at radius 1 is 0.818 bits per heavy atom. The van der Waals surface area contributed by atoms with Crippen molar-refractivity contribution < 1.29 is 14.4 Å². The van der Waals surface area contributed by atoms with E-state index in [4.69, 9.17) is 5.73 Å². The number of benzene rings is 3. The first-order chi connectivity index (χ1) is 16.0. The van der Waals surface area contributed by atoms with E-state index in [0.29, 0.717) is 19.3 Å². The van der Waals surface area contributed by atoms with Crippen molar-refractivity contribution in [1.82, 2.24) is 5.32 Å². The number of ketones is 1. The van der Waals surface area contributed by atoms with Crippen LogP contribution in [0.25, 0.3) is 0 Å². The van der Waals surface area contributed by atoms with E-state index in [9.17, 15) is 14.4 Å². The third-order valence-electron chi connectivity index (χ3n) is 6.55. The highest BCUT2D eigenvalue weighted by atomic mass is 16.2. The van der Waals surface area contributed by atoms with Gasteiger partial charge in [-0.25, -0.2) is 0 Å². The minimum atomic E-state index is -1.20. The summed E-state index contributed by atoms with van der Waals surface area (Å²) in [6.07, 6.45) is 2.14. The zero-order valence-corrected chi connectivity index (χ0v) is 18.4. The summed E-state index contributed by atoms with van der Waals surface area (Å²) in [5.74, 6) is -1.15. The van der Waals surface area contributed by atoms with Crippen LogP contribution >= 0.6 is 0 Å². The van der Waals surface area contributed by atoms with Gasteiger partial charge >= 0.3 is 0 Å². The van der Waals surface area contributed by atoms with Crippen LogP contribution in [0.4, 0.5) is 0 Å². The molecule has 1 aliphatic rings. The number of amides is 2. The second-order valence-electron chi connectivity index (χ2n) is 8.60. The molecule has 0 heterocycles. The number of hydrogen-bond donors (Lipinski definition) is 2. The maximum absolute atomic E-state index is 14.3. The Morgan fingerprint density at radius 3 is 1.67 bits per heavy atom. The van der Waals surface area contributed by atoms with E-state index < -0.39 is 17.4 Å². The number of rotatable bonds is 7. The lowest BCUT2D eigenvalue weighted by atomic mass is 9.68. The standard InChI is InChI=1S/C28H28N2O3/c29-26(32)25(20-11-10-18-24(31)19-20)30-27(33)28(21-12-4-1-5-13-21,22-14-6-2-7-15-22)23-16-8-3-9-17-23/h1-9,12-17,20,25H,10-11,18-19H2,(H2,29,32)(H,30,33)/t20-,25-/m1/s1. The van der Waals surface area contributed by atoms with Gasteiger partial charge in [0.25, 0.3) is 0 Å². The van der Waals surface area contributed by atoms with E-state index in [2.05, 4.69) is 5.32 Å². The summed E-state index contributed by atoms with van der Waals surface area (Å²) in [7, 11) is 0. The topological polar surface area (TPSA) is 89.3 Å². The van der Waals surface area contributed by atoms with Gasteiger partial charge in [-0.1, -0.05) is 91.0 Å². The second-order valence-corrected chi connectivity index (χ2v) is 8.60. The fourth-order valence-corrected chi connectivity index (χ4v) is 4.97. The van der Waals surface area contributed by atoms with Crippen LogP contribution in [0.3, 0.4) is 0 Å². The highest BCUT2D eigenvalue weighted by Crippen LogP contribution is 2.40. The first-order valence-electron chi connectivity index (χ1n) is 11.3. The molecule has 3 N–H and O–H groups in total. The molecular formula is C28H28N2O3. The minimum absolute atomic E-state index is 0.104. The van der Waals surface area contributed by atoms with Crippen molar-refractivity contribution in [2.45, 2.75) is 37.1 Å². The average Bonchev–Trinajstić information content (AvgIpc) is 2.85. The Bertz CT molecular complexity index is 1020. The van der Waals surface area contributed by atoms with Crippen LogP contribution in [0, 0.1) is 5.92 Å². The molecule has 2 atom stereocenters. The van der Waals surface area contributed by atoms with Gasteiger partial charge in [0.1, 0.15) is 17.2 Å². The Labute approximate surface area is 194 Å². The molecule has 3 aromatic carbocycles. The van der Waals surface area contributed by atoms with Crippen LogP contribution in [0.15, 0.2) is 91.0 Å². The van der Waals surface area contributed by atoms with E-state index in [1.165, 1.54) is 0 Å². The number of Topliss-reactive ketones (excluding diaryl/α,β-unsaturated/α-hetero) is 1. The Balaban J connectivity index is 1.86. The molecule has 168 valence electrons. The van der Waals surface area contributed by atoms with E-state index in [-0.39, 0.29) is 24.0 Å². The summed E-state index contributed by atoms with van der Waals surface area (Å²) in [6, 6.07) is 27.7. The molecule has 1 saturated carbocycles. The first kappa shape index (κ1) is 22.5. The molecule has 3 aromatic rings. The molecule has 0 aliphatic heterocycles. The first-order valence-corrected chi connectivity index (χ1v) is 11.3. The predicted octanol–water partition coefficient (Wildman–Crippen LogP) is 3.75. The SMILES string of the molecule is NC(=O)[C@H](NC(=O)C(c1ccccc1)(c1ccccc1)c1ccccc1)[C@@H]1CCCC(=O)C1. The lowest BCUT2D eigenvalue weighted by Crippen LogP contribution is -2.56. The molecule has 2 amide bonds. The summed E-state index contributed by atoms with van der Waals surface area (Å²) in [5.41, 5.74) is 6.90. The van der Waals surface area contributed by atoms with E-state index in [1.54, 1.807) is 0 Å². The molecule has 1 aliphatic carbocycles. The van der Waals surface area contributed by atoms with E-state index in [1.807, 2.05) is 91.0 Å². The van der Waals surface area contributed by atoms with Crippen molar-refractivity contribution in [2.75, 3.05) is 0 Å². The molecule has 0 bridgehead atoms. The molecule has 0 aromatic heterocycles. The molecule has 0 saturated heterocycles. The highest BCUT2D eigenvalue weighted by molar-refractivity contribution is 5.99. The van der Waals surface area contributed by atoms with Crippen molar-refractivity contribution in [1.29, 1.82) is 0 Å². The third-order valence-corrected chi connectivity index (χ3v) is 6.55. The molecule has 5 heteroatoms. The Hall–Kier alpha value is -3.73. The lowest BCUT2D eigenvalue weighted by Gasteiger charge is -2.37. The maximum atomic E-state index is 14.3. The fourth-order valence-electron chi connectivity index (χ4n) is 4.97. The second kappa shape index (κ2) is 9.82. The zero-order valence-electron chi connectivity index (χ0n) is 18.4. The van der Waals surface area contributed by atoms with Crippen LogP contribution in [0.2, 0.25) is 0 Å². The molecule has 0 unspecified atom stereocenters. The molecule has 1 fully saturated rings. The summed E-state index contributed by atoms with van der Waals surface area (Å²) >= 11 is 0. The molecule has 33 heavy (non-hydrogen) atoms. The molecule has 4 rings (SSSR count). The number of hydrogen-bond acceptors (Lipinski definition) is 3. The fraction of sp³-hybridized carbons (Fsp3) is 0.250. The number of nitrogens with two attached hydrogens (primary N) is 1. The van der Waals surface area contributed by atoms with Gasteiger partial charge in [0.05, 0.1) is 0 Å². The van der Waals surface area contributed by atoms with Gasteiger partial charge in [-0.05, 0) is 35.4 Å². The number of carbonyl (C=O) groups excluding carboxylic acids is 3. The monoisotopic (exact) mass is 440 g/mol. The highest BCUT2D eigenvalue weighted by Gasteiger charge is 2.46. The summed E-state index contributed by atoms with van der Waals surface area (Å²) < 4.78 is 0. The minimum Gasteiger partial charge on any atom is -0.368 e. The lowest BCUT2D eigenvalue weighted by molar-refractivity contribution is -0.132. The van der Waals surface area contributed by atoms with Crippen molar-refractivity contribution in [3.8, 4) is 0 Å². The molecule has 0 radical (unpaired) electrons. The van der Waals surface area contributed by atoms with Gasteiger partial charge in [0, 0.05) is 12.8 Å². The van der Waals surface area contributed by atoms with Crippen LogP contribution in [0.5, 0.6) is 0 Å². The third kappa shape index (κ3) is 4.44. The largest absolute Gasteiger partial charge is 0.368 e. The molecule has 5 nitrogen and oxygen atoms in total. The van der Waals surface area contributed by atoms with Gasteiger partial charge < -0.3 is 11.1 Å². The zero-order chi connectivity index (χ0) is 23.3. The van der Waals surface area contributed by atoms with Gasteiger partial charge in [-0.3, -0.25) is 14.4 Å². The summed E-state index contributed by atoms with van der Waals surface area (Å²) in [5, 5.41) is 2.98. The predicted molar refractivity (Wildman–Crippen MR) is 127 cm³/mol. The normalized spacial score (nSPS) is 17.2. The number of nitrogens with one attached hydrogen (secondary N) is 1. The quantitative estimate of drug-likeness (QED) is 0.549. The number of primary amides is 1. The van der Waals surface area contributed by atoms with Crippen LogP contribution in [-0.4, -0.2) is 23.6 Å². The van der Waals surface area contributed by atoms with Gasteiger partial charge in [0.2, 0.25) is 11.8 Å². The summed E-state index contributed by atoms with van der Waals surface area (Å²) in [6.45, 7) is 0. The summed E-state index contributed by atoms with van der Waals surface area (Å²) in [4.78, 5) is 38.9. The Kier molecular flexibility index (Phi) is 6.68. The van der Waals surface area contributed by atoms with Crippen molar-refractivity contribution >= 4 is 17.6 Å². The van der Waals surface area contributed by atoms with Crippen LogP contribution in [0.1, 0.15) is 42.4 Å². The van der Waals surface area contributed by atoms with Gasteiger partial charge in [-0.2, -0.15) is 0 Å². The maximum Gasteiger partial charge on any atom is 0.240 e. The van der Waals surface area contributed by atoms with E-state index in [0.717, 1.165) is 16.7 Å². The Morgan fingerprint density at radius 2 is 1.27 bits per heavy atom. The molecular weight excluding hydrogens is 412 g/mol. The van der Waals surface area contributed by atoms with E-state index >= 15 is 0 Å². The molecule has 0 spiro atoms. The average molecular weight is 441 g/mol. The van der Waals surface area contributed by atoms with Crippen molar-refractivity contribution in [3.05, 3.63) is 108 Å². The van der Waals surface area contributed by atoms with Crippen LogP contribution in [-0.2, 0) is 19.8 Å². The van der Waals surface area contributed by atoms with Crippen LogP contribution < -0.4 is 11.1 Å². The van der Waals surface area contributed by atoms with Gasteiger partial charge in [0.15, 0.2) is 0 Å². The van der Waals surface area contributed by atoms with Crippen molar-refractivity contribution in [2.24, 2.45) is 11.7 Å². The van der Waals surface area contributed by atoms with Gasteiger partial charge in [-0.15, -0.1) is 0 Å². The van der Waals surface area contributed by atoms with Crippen molar-refractivity contribution in [3.63, 3.8) is 0 Å². The smallest absolute Gasteiger partial charge is 0.240 e. The number of carbonyl (C=O) groups is 3.